The van der Waals surface area contributed by atoms with Crippen molar-refractivity contribution in [3.8, 4) is 11.1 Å². The summed E-state index contributed by atoms with van der Waals surface area (Å²) in [6, 6.07) is 9.59. The highest BCUT2D eigenvalue weighted by molar-refractivity contribution is 9.10. The van der Waals surface area contributed by atoms with Crippen LogP contribution < -0.4 is 10.6 Å². The molecule has 1 fully saturated rings. The molecule has 0 bridgehead atoms. The number of rotatable bonds is 2. The third-order valence-corrected chi connectivity index (χ3v) is 4.64. The summed E-state index contributed by atoms with van der Waals surface area (Å²) in [5, 5.41) is 0. The van der Waals surface area contributed by atoms with Gasteiger partial charge in [-0.15, -0.1) is 0 Å². The summed E-state index contributed by atoms with van der Waals surface area (Å²) in [5.74, 6) is -0.386. The highest BCUT2D eigenvalue weighted by Crippen LogP contribution is 2.29. The Morgan fingerprint density at radius 2 is 1.77 bits per heavy atom. The lowest BCUT2D eigenvalue weighted by atomic mass is 10.1. The minimum Gasteiger partial charge on any atom is -0.383 e. The molecule has 2 aromatic rings. The molecule has 6 heteroatoms. The van der Waals surface area contributed by atoms with Gasteiger partial charge in [-0.25, -0.2) is 4.98 Å². The third-order valence-electron chi connectivity index (χ3n) is 4.00. The number of aromatic nitrogens is 1. The van der Waals surface area contributed by atoms with E-state index >= 15 is 0 Å². The van der Waals surface area contributed by atoms with Crippen molar-refractivity contribution in [3.63, 3.8) is 0 Å². The second-order valence-corrected chi connectivity index (χ2v) is 6.39. The van der Waals surface area contributed by atoms with Crippen molar-refractivity contribution in [2.75, 3.05) is 43.9 Å². The molecule has 0 atom stereocenters. The maximum absolute atomic E-state index is 14.0. The first kappa shape index (κ1) is 15.2. The van der Waals surface area contributed by atoms with E-state index in [1.165, 1.54) is 5.69 Å². The molecule has 2 N–H and O–H groups in total. The summed E-state index contributed by atoms with van der Waals surface area (Å²) < 4.78 is 14.6. The Hall–Kier alpha value is -1.66. The molecule has 1 aliphatic rings. The molecule has 0 unspecified atom stereocenters. The number of nitrogens with zero attached hydrogens (tertiary/aromatic N) is 3. The zero-order valence-corrected chi connectivity index (χ0v) is 14.0. The molecule has 0 radical (unpaired) electrons. The zero-order valence-electron chi connectivity index (χ0n) is 12.4. The van der Waals surface area contributed by atoms with Gasteiger partial charge in [-0.05, 0) is 46.7 Å². The predicted octanol–water partition coefficient (Wildman–Crippen LogP) is 2.98. The van der Waals surface area contributed by atoms with E-state index in [1.54, 1.807) is 6.07 Å². The molecular formula is C16H18BrFN4. The van der Waals surface area contributed by atoms with E-state index in [2.05, 4.69) is 37.8 Å². The summed E-state index contributed by atoms with van der Waals surface area (Å²) in [6.07, 6.45) is 0. The molecule has 1 saturated heterocycles. The Morgan fingerprint density at radius 3 is 2.41 bits per heavy atom. The number of hydrogen-bond donors (Lipinski definition) is 1. The van der Waals surface area contributed by atoms with Crippen molar-refractivity contribution in [1.29, 1.82) is 0 Å². The number of nitrogen functional groups attached to an aromatic ring is 1. The van der Waals surface area contributed by atoms with E-state index < -0.39 is 5.95 Å². The van der Waals surface area contributed by atoms with Crippen LogP contribution in [-0.2, 0) is 0 Å². The van der Waals surface area contributed by atoms with Crippen molar-refractivity contribution >= 4 is 27.4 Å². The second kappa shape index (κ2) is 6.22. The van der Waals surface area contributed by atoms with Crippen LogP contribution in [0.2, 0.25) is 0 Å². The molecule has 0 spiro atoms. The van der Waals surface area contributed by atoms with Crippen molar-refractivity contribution in [3.05, 3.63) is 40.8 Å². The first-order valence-corrected chi connectivity index (χ1v) is 7.99. The van der Waals surface area contributed by atoms with Crippen LogP contribution in [0, 0.1) is 5.95 Å². The normalized spacial score (nSPS) is 16.0. The van der Waals surface area contributed by atoms with Gasteiger partial charge in [0.25, 0.3) is 0 Å². The van der Waals surface area contributed by atoms with Gasteiger partial charge in [-0.2, -0.15) is 4.39 Å². The van der Waals surface area contributed by atoms with Gasteiger partial charge in [0.15, 0.2) is 0 Å². The zero-order chi connectivity index (χ0) is 15.7. The average molecular weight is 365 g/mol. The van der Waals surface area contributed by atoms with Crippen molar-refractivity contribution in [2.24, 2.45) is 0 Å². The molecular weight excluding hydrogens is 347 g/mol. The summed E-state index contributed by atoms with van der Waals surface area (Å²) in [7, 11) is 2.13. The largest absolute Gasteiger partial charge is 0.383 e. The lowest BCUT2D eigenvalue weighted by molar-refractivity contribution is 0.313. The highest BCUT2D eigenvalue weighted by atomic mass is 79.9. The number of likely N-dealkylation sites (N-methyl/N-ethyl adjacent to an activating group) is 1. The lowest BCUT2D eigenvalue weighted by Crippen LogP contribution is -2.44. The van der Waals surface area contributed by atoms with Crippen LogP contribution in [-0.4, -0.2) is 43.1 Å². The maximum Gasteiger partial charge on any atom is 0.222 e. The summed E-state index contributed by atoms with van der Waals surface area (Å²) in [4.78, 5) is 8.38. The Labute approximate surface area is 137 Å². The molecule has 1 aliphatic heterocycles. The molecule has 0 saturated carbocycles. The lowest BCUT2D eigenvalue weighted by Gasteiger charge is -2.34. The fourth-order valence-electron chi connectivity index (χ4n) is 2.60. The molecule has 1 aromatic heterocycles. The molecule has 0 amide bonds. The van der Waals surface area contributed by atoms with Crippen LogP contribution in [0.3, 0.4) is 0 Å². The molecule has 0 aliphatic carbocycles. The molecule has 1 aromatic carbocycles. The van der Waals surface area contributed by atoms with Crippen LogP contribution in [0.4, 0.5) is 15.9 Å². The Morgan fingerprint density at radius 1 is 1.14 bits per heavy atom. The number of hydrogen-bond acceptors (Lipinski definition) is 4. The van der Waals surface area contributed by atoms with Gasteiger partial charge in [0.2, 0.25) is 5.95 Å². The van der Waals surface area contributed by atoms with E-state index in [9.17, 15) is 4.39 Å². The van der Waals surface area contributed by atoms with Crippen LogP contribution in [0.15, 0.2) is 34.8 Å². The summed E-state index contributed by atoms with van der Waals surface area (Å²) in [6.45, 7) is 4.15. The van der Waals surface area contributed by atoms with Gasteiger partial charge in [-0.3, -0.25) is 0 Å². The second-order valence-electron chi connectivity index (χ2n) is 5.53. The Kier molecular flexibility index (Phi) is 4.31. The summed E-state index contributed by atoms with van der Waals surface area (Å²) >= 11 is 3.29. The molecule has 22 heavy (non-hydrogen) atoms. The molecule has 2 heterocycles. The fourth-order valence-corrected chi connectivity index (χ4v) is 2.92. The van der Waals surface area contributed by atoms with Gasteiger partial charge in [0.1, 0.15) is 5.82 Å². The third kappa shape index (κ3) is 3.08. The van der Waals surface area contributed by atoms with Gasteiger partial charge in [0, 0.05) is 37.4 Å². The number of anilines is 2. The van der Waals surface area contributed by atoms with Crippen LogP contribution >= 0.6 is 15.9 Å². The SMILES string of the molecule is CN1CCN(c2ccc(-c3cc(Br)c(N)nc3F)cc2)CC1. The highest BCUT2D eigenvalue weighted by Gasteiger charge is 2.15. The van der Waals surface area contributed by atoms with Gasteiger partial charge >= 0.3 is 0 Å². The van der Waals surface area contributed by atoms with E-state index in [4.69, 9.17) is 5.73 Å². The predicted molar refractivity (Wildman–Crippen MR) is 91.5 cm³/mol. The standard InChI is InChI=1S/C16H18BrFN4/c1-21-6-8-22(9-7-21)12-4-2-11(3-5-12)13-10-14(17)16(19)20-15(13)18/h2-5,10H,6-9H2,1H3,(H2,19,20). The number of pyridine rings is 1. The number of piperazine rings is 1. The molecule has 116 valence electrons. The first-order chi connectivity index (χ1) is 10.5. The van der Waals surface area contributed by atoms with Crippen LogP contribution in [0.1, 0.15) is 0 Å². The molecule has 3 rings (SSSR count). The van der Waals surface area contributed by atoms with E-state index in [-0.39, 0.29) is 5.82 Å². The monoisotopic (exact) mass is 364 g/mol. The quantitative estimate of drug-likeness (QED) is 0.832. The van der Waals surface area contributed by atoms with E-state index in [0.717, 1.165) is 31.7 Å². The number of nitrogens with two attached hydrogens (primary N) is 1. The van der Waals surface area contributed by atoms with Gasteiger partial charge in [-0.1, -0.05) is 12.1 Å². The number of benzene rings is 1. The summed E-state index contributed by atoms with van der Waals surface area (Å²) in [5.41, 5.74) is 8.00. The average Bonchev–Trinajstić information content (AvgIpc) is 2.52. The van der Waals surface area contributed by atoms with Crippen molar-refractivity contribution in [1.82, 2.24) is 9.88 Å². The Balaban J connectivity index is 1.84. The minimum absolute atomic E-state index is 0.162. The topological polar surface area (TPSA) is 45.4 Å². The number of halogens is 2. The van der Waals surface area contributed by atoms with Crippen LogP contribution in [0.5, 0.6) is 0 Å². The minimum atomic E-state index is -0.548. The first-order valence-electron chi connectivity index (χ1n) is 7.20. The Bertz CT molecular complexity index is 667. The maximum atomic E-state index is 14.0. The smallest absolute Gasteiger partial charge is 0.222 e. The van der Waals surface area contributed by atoms with E-state index in [0.29, 0.717) is 10.0 Å². The van der Waals surface area contributed by atoms with Crippen molar-refractivity contribution < 1.29 is 4.39 Å². The van der Waals surface area contributed by atoms with Gasteiger partial charge < -0.3 is 15.5 Å². The van der Waals surface area contributed by atoms with E-state index in [1.807, 2.05) is 24.3 Å². The molecule has 4 nitrogen and oxygen atoms in total. The van der Waals surface area contributed by atoms with Gasteiger partial charge in [0.05, 0.1) is 4.47 Å². The van der Waals surface area contributed by atoms with Crippen LogP contribution in [0.25, 0.3) is 11.1 Å². The fraction of sp³-hybridized carbons (Fsp3) is 0.312. The van der Waals surface area contributed by atoms with Crippen molar-refractivity contribution in [2.45, 2.75) is 0 Å².